The average Bonchev–Trinajstić information content (AvgIpc) is 2.63. The summed E-state index contributed by atoms with van der Waals surface area (Å²) in [5.41, 5.74) is 8.53. The lowest BCUT2D eigenvalue weighted by molar-refractivity contribution is 1.12. The monoisotopic (exact) mass is 324 g/mol. The molecule has 0 aromatic heterocycles. The van der Waals surface area contributed by atoms with E-state index < -0.39 is 0 Å². The van der Waals surface area contributed by atoms with Crippen LogP contribution in [-0.4, -0.2) is 0 Å². The van der Waals surface area contributed by atoms with E-state index in [4.69, 9.17) is 0 Å². The third kappa shape index (κ3) is 2.62. The second-order valence-corrected chi connectivity index (χ2v) is 7.19. The van der Waals surface area contributed by atoms with E-state index in [2.05, 4.69) is 88.4 Å². The maximum atomic E-state index is 2.38. The number of hydrogen-bond acceptors (Lipinski definition) is 0. The van der Waals surface area contributed by atoms with Crippen LogP contribution in [0.25, 0.3) is 21.5 Å². The Morgan fingerprint density at radius 1 is 0.520 bits per heavy atom. The number of fused-ring (bicyclic) bond motifs is 2. The highest BCUT2D eigenvalue weighted by molar-refractivity contribution is 5.89. The fourth-order valence-corrected chi connectivity index (χ4v) is 3.98. The van der Waals surface area contributed by atoms with Crippen LogP contribution in [-0.2, 0) is 6.42 Å². The van der Waals surface area contributed by atoms with Gasteiger partial charge in [0.05, 0.1) is 0 Å². The average molecular weight is 324 g/mol. The first-order chi connectivity index (χ1) is 12.1. The molecule has 0 aliphatic carbocycles. The lowest BCUT2D eigenvalue weighted by Crippen LogP contribution is -1.99. The zero-order valence-electron chi connectivity index (χ0n) is 15.5. The van der Waals surface area contributed by atoms with E-state index in [1.54, 1.807) is 0 Å². The van der Waals surface area contributed by atoms with Gasteiger partial charge in [0.1, 0.15) is 0 Å². The Bertz CT molecular complexity index is 1010. The third-order valence-corrected chi connectivity index (χ3v) is 5.86. The smallest absolute Gasteiger partial charge is 0.00199 e. The van der Waals surface area contributed by atoms with Gasteiger partial charge in [-0.05, 0) is 89.0 Å². The predicted octanol–water partition coefficient (Wildman–Crippen LogP) is 6.82. The summed E-state index contributed by atoms with van der Waals surface area (Å²) in [6.45, 7) is 9.03. The van der Waals surface area contributed by atoms with Crippen molar-refractivity contribution in [1.82, 2.24) is 0 Å². The summed E-state index contributed by atoms with van der Waals surface area (Å²) in [7, 11) is 0. The quantitative estimate of drug-likeness (QED) is 0.379. The summed E-state index contributed by atoms with van der Waals surface area (Å²) >= 11 is 0. The molecule has 0 spiro atoms. The van der Waals surface area contributed by atoms with Gasteiger partial charge < -0.3 is 0 Å². The first-order valence-electron chi connectivity index (χ1n) is 9.02. The molecule has 0 heterocycles. The van der Waals surface area contributed by atoms with Crippen molar-refractivity contribution in [2.45, 2.75) is 34.1 Å². The van der Waals surface area contributed by atoms with Gasteiger partial charge in [-0.25, -0.2) is 0 Å². The molecule has 0 radical (unpaired) electrons. The summed E-state index contributed by atoms with van der Waals surface area (Å²) in [5, 5.41) is 5.43. The lowest BCUT2D eigenvalue weighted by atomic mass is 9.88. The molecule has 0 heteroatoms. The largest absolute Gasteiger partial charge is 0.0616 e. The first-order valence-corrected chi connectivity index (χ1v) is 9.02. The number of aryl methyl sites for hydroxylation is 2. The SMILES string of the molecule is Cc1c(Cc2cc3ccccc3c(C)c2C)cc2ccccc2c1C. The topological polar surface area (TPSA) is 0 Å². The summed E-state index contributed by atoms with van der Waals surface area (Å²) in [4.78, 5) is 0. The fourth-order valence-electron chi connectivity index (χ4n) is 3.98. The van der Waals surface area contributed by atoms with Crippen LogP contribution >= 0.6 is 0 Å². The Morgan fingerprint density at radius 2 is 0.920 bits per heavy atom. The van der Waals surface area contributed by atoms with Crippen LogP contribution in [0, 0.1) is 27.7 Å². The maximum absolute atomic E-state index is 2.38. The molecule has 0 fully saturated rings. The maximum Gasteiger partial charge on any atom is -0.00199 e. The summed E-state index contributed by atoms with van der Waals surface area (Å²) in [6.07, 6.45) is 0.995. The normalized spacial score (nSPS) is 11.4. The van der Waals surface area contributed by atoms with Gasteiger partial charge in [-0.1, -0.05) is 60.7 Å². The number of benzene rings is 4. The van der Waals surface area contributed by atoms with Crippen molar-refractivity contribution in [3.05, 3.63) is 94.0 Å². The molecular formula is C25H24. The van der Waals surface area contributed by atoms with E-state index in [0.717, 1.165) is 6.42 Å². The van der Waals surface area contributed by atoms with Gasteiger partial charge in [0, 0.05) is 0 Å². The van der Waals surface area contributed by atoms with E-state index in [1.807, 2.05) is 0 Å². The molecule has 4 aromatic rings. The molecule has 0 N–H and O–H groups in total. The van der Waals surface area contributed by atoms with Crippen LogP contribution in [0.1, 0.15) is 33.4 Å². The molecule has 4 rings (SSSR count). The van der Waals surface area contributed by atoms with E-state index in [9.17, 15) is 0 Å². The molecule has 0 bridgehead atoms. The minimum absolute atomic E-state index is 0.995. The zero-order valence-corrected chi connectivity index (χ0v) is 15.5. The van der Waals surface area contributed by atoms with Crippen LogP contribution in [0.2, 0.25) is 0 Å². The van der Waals surface area contributed by atoms with Crippen LogP contribution in [0.15, 0.2) is 60.7 Å². The van der Waals surface area contributed by atoms with Gasteiger partial charge in [-0.15, -0.1) is 0 Å². The molecule has 0 aliphatic rings. The standard InChI is InChI=1S/C25H24/c1-16-18(3)24-11-7-5-9-20(24)13-22(16)15-23-14-21-10-6-8-12-25(21)19(4)17(23)2/h5-14H,15H2,1-4H3. The van der Waals surface area contributed by atoms with Crippen molar-refractivity contribution in [3.63, 3.8) is 0 Å². The van der Waals surface area contributed by atoms with Crippen molar-refractivity contribution in [3.8, 4) is 0 Å². The van der Waals surface area contributed by atoms with Crippen molar-refractivity contribution in [2.75, 3.05) is 0 Å². The van der Waals surface area contributed by atoms with Crippen LogP contribution in [0.4, 0.5) is 0 Å². The molecule has 0 saturated heterocycles. The molecule has 25 heavy (non-hydrogen) atoms. The third-order valence-electron chi connectivity index (χ3n) is 5.86. The second-order valence-electron chi connectivity index (χ2n) is 7.19. The van der Waals surface area contributed by atoms with Gasteiger partial charge in [-0.2, -0.15) is 0 Å². The minimum Gasteiger partial charge on any atom is -0.0616 e. The Morgan fingerprint density at radius 3 is 1.36 bits per heavy atom. The van der Waals surface area contributed by atoms with Crippen LogP contribution in [0.3, 0.4) is 0 Å². The Labute approximate surface area is 150 Å². The highest BCUT2D eigenvalue weighted by Gasteiger charge is 2.11. The van der Waals surface area contributed by atoms with Crippen molar-refractivity contribution in [1.29, 1.82) is 0 Å². The van der Waals surface area contributed by atoms with Gasteiger partial charge in [0.2, 0.25) is 0 Å². The minimum atomic E-state index is 0.995. The molecule has 0 atom stereocenters. The van der Waals surface area contributed by atoms with Crippen LogP contribution < -0.4 is 0 Å². The molecule has 124 valence electrons. The van der Waals surface area contributed by atoms with Gasteiger partial charge >= 0.3 is 0 Å². The van der Waals surface area contributed by atoms with E-state index in [0.29, 0.717) is 0 Å². The summed E-state index contributed by atoms with van der Waals surface area (Å²) in [5.74, 6) is 0. The Hall–Kier alpha value is -2.60. The van der Waals surface area contributed by atoms with Crippen LogP contribution in [0.5, 0.6) is 0 Å². The second kappa shape index (κ2) is 6.04. The predicted molar refractivity (Wildman–Crippen MR) is 110 cm³/mol. The first kappa shape index (κ1) is 15.9. The van der Waals surface area contributed by atoms with Crippen molar-refractivity contribution < 1.29 is 0 Å². The van der Waals surface area contributed by atoms with Gasteiger partial charge in [-0.3, -0.25) is 0 Å². The fraction of sp³-hybridized carbons (Fsp3) is 0.200. The van der Waals surface area contributed by atoms with E-state index in [1.165, 1.54) is 54.9 Å². The lowest BCUT2D eigenvalue weighted by Gasteiger charge is -2.16. The molecular weight excluding hydrogens is 300 g/mol. The number of rotatable bonds is 2. The molecule has 0 saturated carbocycles. The van der Waals surface area contributed by atoms with Gasteiger partial charge in [0.25, 0.3) is 0 Å². The van der Waals surface area contributed by atoms with E-state index in [-0.39, 0.29) is 0 Å². The molecule has 0 nitrogen and oxygen atoms in total. The zero-order chi connectivity index (χ0) is 17.6. The summed E-state index contributed by atoms with van der Waals surface area (Å²) < 4.78 is 0. The van der Waals surface area contributed by atoms with Crippen molar-refractivity contribution >= 4 is 21.5 Å². The van der Waals surface area contributed by atoms with E-state index >= 15 is 0 Å². The number of hydrogen-bond donors (Lipinski definition) is 0. The Kier molecular flexibility index (Phi) is 3.84. The highest BCUT2D eigenvalue weighted by atomic mass is 14.2. The summed E-state index contributed by atoms with van der Waals surface area (Å²) in [6, 6.07) is 22.2. The molecule has 0 amide bonds. The molecule has 0 aliphatic heterocycles. The van der Waals surface area contributed by atoms with Crippen molar-refractivity contribution in [2.24, 2.45) is 0 Å². The Balaban J connectivity index is 1.88. The molecule has 0 unspecified atom stereocenters. The highest BCUT2D eigenvalue weighted by Crippen LogP contribution is 2.30. The molecule has 4 aromatic carbocycles. The van der Waals surface area contributed by atoms with Gasteiger partial charge in [0.15, 0.2) is 0 Å².